The van der Waals surface area contributed by atoms with Gasteiger partial charge in [-0.1, -0.05) is 63.6 Å². The number of benzene rings is 2. The van der Waals surface area contributed by atoms with Crippen molar-refractivity contribution >= 4 is 27.7 Å². The van der Waals surface area contributed by atoms with Crippen molar-refractivity contribution in [1.82, 2.24) is 10.2 Å². The molecule has 0 aromatic heterocycles. The largest absolute Gasteiger partial charge is 0.483 e. The first-order chi connectivity index (χ1) is 14.8. The molecule has 0 aliphatic carbocycles. The van der Waals surface area contributed by atoms with Crippen LogP contribution in [-0.4, -0.2) is 35.9 Å². The number of hydrogen-bond acceptors (Lipinski definition) is 3. The van der Waals surface area contributed by atoms with E-state index in [0.29, 0.717) is 24.8 Å². The normalized spacial score (nSPS) is 11.8. The van der Waals surface area contributed by atoms with Gasteiger partial charge in [0.1, 0.15) is 11.8 Å². The Labute approximate surface area is 194 Å². The molecule has 0 saturated carbocycles. The number of amides is 2. The Morgan fingerprint density at radius 3 is 2.42 bits per heavy atom. The van der Waals surface area contributed by atoms with Crippen LogP contribution in [0.2, 0.25) is 0 Å². The van der Waals surface area contributed by atoms with Crippen molar-refractivity contribution in [2.75, 3.05) is 13.2 Å². The lowest BCUT2D eigenvalue weighted by atomic mass is 10.0. The van der Waals surface area contributed by atoms with Crippen LogP contribution in [0.15, 0.2) is 53.0 Å². The van der Waals surface area contributed by atoms with Gasteiger partial charge in [-0.3, -0.25) is 9.59 Å². The van der Waals surface area contributed by atoms with E-state index >= 15 is 0 Å². The first-order valence-electron chi connectivity index (χ1n) is 10.9. The molecule has 2 rings (SSSR count). The molecule has 0 spiro atoms. The van der Waals surface area contributed by atoms with E-state index in [4.69, 9.17) is 4.74 Å². The highest BCUT2D eigenvalue weighted by Crippen LogP contribution is 2.29. The molecular weight excluding hydrogens is 456 g/mol. The highest BCUT2D eigenvalue weighted by molar-refractivity contribution is 9.10. The number of nitrogens with one attached hydrogen (secondary N) is 1. The average molecular weight is 489 g/mol. The maximum atomic E-state index is 13.1. The van der Waals surface area contributed by atoms with Gasteiger partial charge >= 0.3 is 0 Å². The van der Waals surface area contributed by atoms with Crippen molar-refractivity contribution in [2.45, 2.75) is 59.0 Å². The monoisotopic (exact) mass is 488 g/mol. The number of carbonyl (C=O) groups is 2. The van der Waals surface area contributed by atoms with Crippen LogP contribution in [-0.2, 0) is 16.1 Å². The number of unbranched alkanes of at least 4 members (excludes halogenated alkanes) is 1. The number of nitrogens with zero attached hydrogens (tertiary/aromatic N) is 1. The van der Waals surface area contributed by atoms with Crippen LogP contribution in [0.25, 0.3) is 0 Å². The number of halogens is 1. The average Bonchev–Trinajstić information content (AvgIpc) is 2.76. The van der Waals surface area contributed by atoms with E-state index in [-0.39, 0.29) is 18.4 Å². The van der Waals surface area contributed by atoms with Crippen LogP contribution in [0.1, 0.15) is 57.6 Å². The summed E-state index contributed by atoms with van der Waals surface area (Å²) in [6.45, 7) is 8.90. The Morgan fingerprint density at radius 2 is 1.81 bits per heavy atom. The molecule has 0 saturated heterocycles. The summed E-state index contributed by atoms with van der Waals surface area (Å²) in [4.78, 5) is 27.3. The molecule has 168 valence electrons. The summed E-state index contributed by atoms with van der Waals surface area (Å²) in [7, 11) is 0. The third-order valence-corrected chi connectivity index (χ3v) is 5.79. The topological polar surface area (TPSA) is 58.6 Å². The SMILES string of the molecule is CCCCNC(=O)[C@H](C)N(Cc1ccccc1)C(=O)COc1ccc(C(C)C)cc1Br. The molecule has 1 atom stereocenters. The molecule has 6 heteroatoms. The molecule has 2 amide bonds. The summed E-state index contributed by atoms with van der Waals surface area (Å²) < 4.78 is 6.62. The van der Waals surface area contributed by atoms with Gasteiger partial charge in [0.15, 0.2) is 6.61 Å². The minimum absolute atomic E-state index is 0.140. The van der Waals surface area contributed by atoms with Gasteiger partial charge in [0, 0.05) is 13.1 Å². The van der Waals surface area contributed by atoms with Crippen molar-refractivity contribution in [2.24, 2.45) is 0 Å². The lowest BCUT2D eigenvalue weighted by Gasteiger charge is -2.29. The third-order valence-electron chi connectivity index (χ3n) is 5.17. The van der Waals surface area contributed by atoms with Gasteiger partial charge in [-0.05, 0) is 58.5 Å². The quantitative estimate of drug-likeness (QED) is 0.437. The fourth-order valence-corrected chi connectivity index (χ4v) is 3.63. The standard InChI is InChI=1S/C25H33BrN2O3/c1-5-6-14-27-25(30)19(4)28(16-20-10-8-7-9-11-20)24(29)17-31-23-13-12-21(18(2)3)15-22(23)26/h7-13,15,18-19H,5-6,14,16-17H2,1-4H3,(H,27,30)/t19-/m0/s1. The Hall–Kier alpha value is -2.34. The van der Waals surface area contributed by atoms with Crippen LogP contribution in [0.3, 0.4) is 0 Å². The van der Waals surface area contributed by atoms with Gasteiger partial charge in [-0.15, -0.1) is 0 Å². The second-order valence-electron chi connectivity index (χ2n) is 7.96. The molecular formula is C25H33BrN2O3. The van der Waals surface area contributed by atoms with Gasteiger partial charge in [0.2, 0.25) is 5.91 Å². The molecule has 1 N–H and O–H groups in total. The molecule has 5 nitrogen and oxygen atoms in total. The number of carbonyl (C=O) groups excluding carboxylic acids is 2. The number of hydrogen-bond donors (Lipinski definition) is 1. The van der Waals surface area contributed by atoms with Crippen molar-refractivity contribution in [3.05, 3.63) is 64.1 Å². The fraction of sp³-hybridized carbons (Fsp3) is 0.440. The van der Waals surface area contributed by atoms with Crippen LogP contribution in [0.4, 0.5) is 0 Å². The Morgan fingerprint density at radius 1 is 1.10 bits per heavy atom. The van der Waals surface area contributed by atoms with Crippen LogP contribution in [0, 0.1) is 0 Å². The van der Waals surface area contributed by atoms with E-state index < -0.39 is 6.04 Å². The fourth-order valence-electron chi connectivity index (χ4n) is 3.11. The summed E-state index contributed by atoms with van der Waals surface area (Å²) in [6, 6.07) is 15.0. The van der Waals surface area contributed by atoms with Gasteiger partial charge < -0.3 is 15.0 Å². The molecule has 2 aromatic rings. The molecule has 0 bridgehead atoms. The van der Waals surface area contributed by atoms with E-state index in [1.807, 2.05) is 48.5 Å². The van der Waals surface area contributed by atoms with E-state index in [1.54, 1.807) is 11.8 Å². The Balaban J connectivity index is 2.11. The smallest absolute Gasteiger partial charge is 0.261 e. The predicted molar refractivity (Wildman–Crippen MR) is 128 cm³/mol. The van der Waals surface area contributed by atoms with Crippen LogP contribution >= 0.6 is 15.9 Å². The minimum atomic E-state index is -0.597. The van der Waals surface area contributed by atoms with E-state index in [2.05, 4.69) is 42.0 Å². The summed E-state index contributed by atoms with van der Waals surface area (Å²) in [5, 5.41) is 2.92. The van der Waals surface area contributed by atoms with Gasteiger partial charge in [0.25, 0.3) is 5.91 Å². The molecule has 0 fully saturated rings. The highest BCUT2D eigenvalue weighted by atomic mass is 79.9. The maximum absolute atomic E-state index is 13.1. The van der Waals surface area contributed by atoms with Crippen LogP contribution < -0.4 is 10.1 Å². The molecule has 0 aliphatic rings. The van der Waals surface area contributed by atoms with Crippen molar-refractivity contribution in [1.29, 1.82) is 0 Å². The second kappa shape index (κ2) is 12.5. The maximum Gasteiger partial charge on any atom is 0.261 e. The van der Waals surface area contributed by atoms with Crippen molar-refractivity contribution in [3.63, 3.8) is 0 Å². The molecule has 31 heavy (non-hydrogen) atoms. The molecule has 0 aliphatic heterocycles. The minimum Gasteiger partial charge on any atom is -0.483 e. The van der Waals surface area contributed by atoms with E-state index in [9.17, 15) is 9.59 Å². The molecule has 0 radical (unpaired) electrons. The second-order valence-corrected chi connectivity index (χ2v) is 8.82. The first-order valence-corrected chi connectivity index (χ1v) is 11.7. The summed E-state index contributed by atoms with van der Waals surface area (Å²) in [5.41, 5.74) is 2.15. The van der Waals surface area contributed by atoms with Gasteiger partial charge in [0.05, 0.1) is 4.47 Å². The highest BCUT2D eigenvalue weighted by Gasteiger charge is 2.26. The summed E-state index contributed by atoms with van der Waals surface area (Å²) in [5.74, 6) is 0.625. The molecule has 2 aromatic carbocycles. The van der Waals surface area contributed by atoms with E-state index in [1.165, 1.54) is 5.56 Å². The Kier molecular flexibility index (Phi) is 10.0. The Bertz CT molecular complexity index is 855. The van der Waals surface area contributed by atoms with Gasteiger partial charge in [-0.25, -0.2) is 0 Å². The molecule has 0 heterocycles. The van der Waals surface area contributed by atoms with Gasteiger partial charge in [-0.2, -0.15) is 0 Å². The van der Waals surface area contributed by atoms with Crippen molar-refractivity contribution in [3.8, 4) is 5.75 Å². The van der Waals surface area contributed by atoms with Crippen molar-refractivity contribution < 1.29 is 14.3 Å². The third kappa shape index (κ3) is 7.69. The zero-order chi connectivity index (χ0) is 22.8. The lowest BCUT2D eigenvalue weighted by molar-refractivity contribution is -0.142. The number of ether oxygens (including phenoxy) is 1. The number of rotatable bonds is 11. The van der Waals surface area contributed by atoms with E-state index in [0.717, 1.165) is 22.9 Å². The summed E-state index contributed by atoms with van der Waals surface area (Å²) in [6.07, 6.45) is 1.91. The van der Waals surface area contributed by atoms with Crippen LogP contribution in [0.5, 0.6) is 5.75 Å². The lowest BCUT2D eigenvalue weighted by Crippen LogP contribution is -2.49. The first kappa shape index (κ1) is 24.9. The molecule has 0 unspecified atom stereocenters. The predicted octanol–water partition coefficient (Wildman–Crippen LogP) is 5.28. The zero-order valence-electron chi connectivity index (χ0n) is 18.9. The zero-order valence-corrected chi connectivity index (χ0v) is 20.4. The summed E-state index contributed by atoms with van der Waals surface area (Å²) >= 11 is 3.53.